The molecule has 1 aromatic heterocycles. The molecule has 0 radical (unpaired) electrons. The molecule has 2 heterocycles. The summed E-state index contributed by atoms with van der Waals surface area (Å²) in [7, 11) is 0. The average molecular weight is 321 g/mol. The summed E-state index contributed by atoms with van der Waals surface area (Å²) in [6, 6.07) is 6.61. The molecule has 0 amide bonds. The molecule has 3 nitrogen and oxygen atoms in total. The van der Waals surface area contributed by atoms with Crippen LogP contribution in [0.1, 0.15) is 36.8 Å². The van der Waals surface area contributed by atoms with Crippen LogP contribution in [0.5, 0.6) is 0 Å². The van der Waals surface area contributed by atoms with Crippen molar-refractivity contribution in [2.24, 2.45) is 0 Å². The number of rotatable bonds is 3. The lowest BCUT2D eigenvalue weighted by atomic mass is 9.97. The molecule has 0 unspecified atom stereocenters. The Morgan fingerprint density at radius 2 is 1.88 bits per heavy atom. The van der Waals surface area contributed by atoms with E-state index in [1.54, 1.807) is 0 Å². The summed E-state index contributed by atoms with van der Waals surface area (Å²) in [5.74, 6) is 0.909. The molecule has 122 valence electrons. The van der Waals surface area contributed by atoms with Crippen LogP contribution in [0.25, 0.3) is 11.3 Å². The van der Waals surface area contributed by atoms with Gasteiger partial charge in [0.15, 0.2) is 0 Å². The van der Waals surface area contributed by atoms with Crippen LogP contribution < -0.4 is 0 Å². The van der Waals surface area contributed by atoms with Crippen LogP contribution in [-0.4, -0.2) is 21.4 Å². The second kappa shape index (κ2) is 5.86. The predicted octanol–water partition coefficient (Wildman–Crippen LogP) is 4.22. The van der Waals surface area contributed by atoms with E-state index >= 15 is 0 Å². The molecule has 1 aliphatic heterocycles. The summed E-state index contributed by atoms with van der Waals surface area (Å²) in [5.41, 5.74) is 5.46. The summed E-state index contributed by atoms with van der Waals surface area (Å²) < 4.78 is 13.3. The van der Waals surface area contributed by atoms with E-state index in [1.165, 1.54) is 23.4 Å². The summed E-state index contributed by atoms with van der Waals surface area (Å²) in [6.07, 6.45) is 7.23. The highest BCUT2D eigenvalue weighted by Gasteiger charge is 2.25. The maximum atomic E-state index is 13.3. The zero-order valence-corrected chi connectivity index (χ0v) is 14.0. The summed E-state index contributed by atoms with van der Waals surface area (Å²) in [4.78, 5) is 12.0. The van der Waals surface area contributed by atoms with Gasteiger partial charge in [-0.05, 0) is 36.4 Å². The van der Waals surface area contributed by atoms with Crippen molar-refractivity contribution < 1.29 is 4.39 Å². The van der Waals surface area contributed by atoms with Gasteiger partial charge < -0.3 is 4.90 Å². The van der Waals surface area contributed by atoms with Gasteiger partial charge in [0.2, 0.25) is 0 Å². The molecule has 4 heteroatoms. The van der Waals surface area contributed by atoms with Gasteiger partial charge in [0, 0.05) is 42.3 Å². The molecule has 1 aliphatic carbocycles. The lowest BCUT2D eigenvalue weighted by Crippen LogP contribution is -2.32. The maximum Gasteiger partial charge on any atom is 0.131 e. The largest absolute Gasteiger partial charge is 0.367 e. The van der Waals surface area contributed by atoms with E-state index in [1.807, 2.05) is 12.1 Å². The van der Waals surface area contributed by atoms with Gasteiger partial charge in [-0.3, -0.25) is 0 Å². The molecular weight excluding hydrogens is 301 g/mol. The van der Waals surface area contributed by atoms with Crippen molar-refractivity contribution in [3.05, 3.63) is 71.1 Å². The third-order valence-electron chi connectivity index (χ3n) is 4.61. The Hall–Kier alpha value is -2.49. The number of nitrogens with zero attached hydrogens (tertiary/aromatic N) is 3. The average Bonchev–Trinajstić information content (AvgIpc) is 2.53. The Morgan fingerprint density at radius 1 is 1.12 bits per heavy atom. The van der Waals surface area contributed by atoms with E-state index in [0.29, 0.717) is 0 Å². The first-order valence-corrected chi connectivity index (χ1v) is 8.41. The minimum atomic E-state index is -0.225. The Bertz CT molecular complexity index is 835. The molecule has 0 spiro atoms. The molecule has 0 saturated heterocycles. The predicted molar refractivity (Wildman–Crippen MR) is 92.9 cm³/mol. The van der Waals surface area contributed by atoms with Crippen LogP contribution in [-0.2, 0) is 13.0 Å². The van der Waals surface area contributed by atoms with Crippen LogP contribution in [0.2, 0.25) is 0 Å². The first kappa shape index (κ1) is 15.1. The van der Waals surface area contributed by atoms with Gasteiger partial charge in [0.25, 0.3) is 0 Å². The van der Waals surface area contributed by atoms with Crippen molar-refractivity contribution in [3.63, 3.8) is 0 Å². The number of allylic oxidation sites excluding steroid dienone is 3. The molecular formula is C20H20FN3. The standard InChI is InChI=1S/C20H20FN3/c1-13(2)20-22-18-10-11-24(16-4-3-5-16)12-17(18)19(23-20)14-6-8-15(21)9-7-14/h3-9,13H,10-12H2,1-2H3. The Balaban J connectivity index is 1.81. The van der Waals surface area contributed by atoms with Gasteiger partial charge in [-0.15, -0.1) is 0 Å². The van der Waals surface area contributed by atoms with Gasteiger partial charge in [-0.1, -0.05) is 19.9 Å². The molecule has 24 heavy (non-hydrogen) atoms. The molecule has 1 aromatic carbocycles. The van der Waals surface area contributed by atoms with Crippen molar-refractivity contribution in [2.75, 3.05) is 6.54 Å². The zero-order chi connectivity index (χ0) is 16.7. The lowest BCUT2D eigenvalue weighted by molar-refractivity contribution is 0.325. The van der Waals surface area contributed by atoms with Gasteiger partial charge in [-0.25, -0.2) is 14.4 Å². The highest BCUT2D eigenvalue weighted by atomic mass is 19.1. The highest BCUT2D eigenvalue weighted by molar-refractivity contribution is 5.64. The number of benzene rings is 1. The molecule has 0 N–H and O–H groups in total. The van der Waals surface area contributed by atoms with Gasteiger partial charge in [-0.2, -0.15) is 0 Å². The van der Waals surface area contributed by atoms with E-state index in [-0.39, 0.29) is 11.7 Å². The third-order valence-corrected chi connectivity index (χ3v) is 4.61. The normalized spacial score (nSPS) is 16.0. The van der Waals surface area contributed by atoms with Gasteiger partial charge >= 0.3 is 0 Å². The molecule has 0 fully saturated rings. The first-order valence-electron chi connectivity index (χ1n) is 8.41. The van der Waals surface area contributed by atoms with Crippen LogP contribution in [0.3, 0.4) is 0 Å². The summed E-state index contributed by atoms with van der Waals surface area (Å²) in [6.45, 7) is 5.99. The van der Waals surface area contributed by atoms with Crippen LogP contribution >= 0.6 is 0 Å². The SMILES string of the molecule is CC(C)c1nc2c(c(-c3ccc(F)cc3)n1)CN(C1=CC=C1)CC2. The fourth-order valence-corrected chi connectivity index (χ4v) is 3.15. The molecule has 0 bridgehead atoms. The number of aromatic nitrogens is 2. The monoisotopic (exact) mass is 321 g/mol. The fraction of sp³-hybridized carbons (Fsp3) is 0.300. The molecule has 4 rings (SSSR count). The number of hydrogen-bond donors (Lipinski definition) is 0. The smallest absolute Gasteiger partial charge is 0.131 e. The van der Waals surface area contributed by atoms with Crippen LogP contribution in [0, 0.1) is 5.82 Å². The lowest BCUT2D eigenvalue weighted by Gasteiger charge is -2.33. The second-order valence-corrected chi connectivity index (χ2v) is 6.64. The van der Waals surface area contributed by atoms with E-state index in [4.69, 9.17) is 9.97 Å². The van der Waals surface area contributed by atoms with Crippen molar-refractivity contribution in [3.8, 4) is 11.3 Å². The van der Waals surface area contributed by atoms with E-state index < -0.39 is 0 Å². The Labute approximate surface area is 141 Å². The minimum absolute atomic E-state index is 0.225. The molecule has 0 atom stereocenters. The van der Waals surface area contributed by atoms with Gasteiger partial charge in [0.1, 0.15) is 11.6 Å². The maximum absolute atomic E-state index is 13.3. The molecule has 0 saturated carbocycles. The topological polar surface area (TPSA) is 29.0 Å². The molecule has 2 aromatic rings. The van der Waals surface area contributed by atoms with Crippen LogP contribution in [0.15, 0.2) is 48.2 Å². The van der Waals surface area contributed by atoms with Crippen molar-refractivity contribution in [2.45, 2.75) is 32.7 Å². The highest BCUT2D eigenvalue weighted by Crippen LogP contribution is 2.32. The van der Waals surface area contributed by atoms with Gasteiger partial charge in [0.05, 0.1) is 11.4 Å². The zero-order valence-electron chi connectivity index (χ0n) is 14.0. The summed E-state index contributed by atoms with van der Waals surface area (Å²) in [5, 5.41) is 0. The summed E-state index contributed by atoms with van der Waals surface area (Å²) >= 11 is 0. The van der Waals surface area contributed by atoms with Crippen molar-refractivity contribution in [1.82, 2.24) is 14.9 Å². The molecule has 2 aliphatic rings. The van der Waals surface area contributed by atoms with Crippen molar-refractivity contribution in [1.29, 1.82) is 0 Å². The Kier molecular flexibility index (Phi) is 3.68. The second-order valence-electron chi connectivity index (χ2n) is 6.64. The number of fused-ring (bicyclic) bond motifs is 1. The van der Waals surface area contributed by atoms with E-state index in [0.717, 1.165) is 42.3 Å². The first-order chi connectivity index (χ1) is 11.6. The van der Waals surface area contributed by atoms with E-state index in [2.05, 4.69) is 37.0 Å². The quantitative estimate of drug-likeness (QED) is 0.847. The number of halogens is 1. The Morgan fingerprint density at radius 3 is 2.50 bits per heavy atom. The van der Waals surface area contributed by atoms with Crippen LogP contribution in [0.4, 0.5) is 4.39 Å². The third kappa shape index (κ3) is 2.62. The fourth-order valence-electron chi connectivity index (χ4n) is 3.15. The minimum Gasteiger partial charge on any atom is -0.367 e. The van der Waals surface area contributed by atoms with E-state index in [9.17, 15) is 4.39 Å². The van der Waals surface area contributed by atoms with Crippen molar-refractivity contribution >= 4 is 0 Å². The number of hydrogen-bond acceptors (Lipinski definition) is 3.